The molecule has 0 amide bonds. The number of halogens is 2. The lowest BCUT2D eigenvalue weighted by atomic mass is 10.1. The molecule has 0 bridgehead atoms. The molecular formula is C18H22F2N2. The van der Waals surface area contributed by atoms with Gasteiger partial charge < -0.3 is 10.6 Å². The minimum absolute atomic E-state index is 0.146. The smallest absolute Gasteiger partial charge is 0.126 e. The van der Waals surface area contributed by atoms with Crippen LogP contribution in [0.25, 0.3) is 0 Å². The zero-order valence-corrected chi connectivity index (χ0v) is 12.6. The van der Waals surface area contributed by atoms with E-state index in [9.17, 15) is 8.78 Å². The van der Waals surface area contributed by atoms with Crippen molar-refractivity contribution in [1.82, 2.24) is 10.6 Å². The van der Waals surface area contributed by atoms with Gasteiger partial charge in [0.2, 0.25) is 0 Å². The highest BCUT2D eigenvalue weighted by Crippen LogP contribution is 2.06. The molecule has 0 unspecified atom stereocenters. The summed E-state index contributed by atoms with van der Waals surface area (Å²) >= 11 is 0. The highest BCUT2D eigenvalue weighted by molar-refractivity contribution is 5.18. The van der Waals surface area contributed by atoms with Crippen LogP contribution in [0.15, 0.2) is 48.5 Å². The van der Waals surface area contributed by atoms with E-state index in [1.165, 1.54) is 12.1 Å². The van der Waals surface area contributed by atoms with Crippen LogP contribution in [0.2, 0.25) is 0 Å². The van der Waals surface area contributed by atoms with Gasteiger partial charge in [-0.2, -0.15) is 0 Å². The summed E-state index contributed by atoms with van der Waals surface area (Å²) in [7, 11) is 0. The lowest BCUT2D eigenvalue weighted by molar-refractivity contribution is 0.577. The summed E-state index contributed by atoms with van der Waals surface area (Å²) in [6.07, 6.45) is 1.36. The Morgan fingerprint density at radius 2 is 1.00 bits per heavy atom. The third-order valence-electron chi connectivity index (χ3n) is 3.54. The van der Waals surface area contributed by atoms with Gasteiger partial charge in [-0.1, -0.05) is 36.4 Å². The Balaban J connectivity index is 1.51. The first-order chi connectivity index (χ1) is 10.8. The molecule has 0 heterocycles. The number of hydrogen-bond donors (Lipinski definition) is 2. The second kappa shape index (κ2) is 9.28. The zero-order valence-electron chi connectivity index (χ0n) is 12.6. The quantitative estimate of drug-likeness (QED) is 0.696. The van der Waals surface area contributed by atoms with Gasteiger partial charge in [-0.3, -0.25) is 0 Å². The van der Waals surface area contributed by atoms with E-state index in [0.29, 0.717) is 12.8 Å². The van der Waals surface area contributed by atoms with Crippen LogP contribution < -0.4 is 10.6 Å². The highest BCUT2D eigenvalue weighted by Gasteiger charge is 2.00. The average Bonchev–Trinajstić information content (AvgIpc) is 2.53. The van der Waals surface area contributed by atoms with Crippen molar-refractivity contribution in [2.75, 3.05) is 26.2 Å². The molecule has 0 spiro atoms. The molecule has 2 N–H and O–H groups in total. The summed E-state index contributed by atoms with van der Waals surface area (Å²) < 4.78 is 26.8. The number of benzene rings is 2. The summed E-state index contributed by atoms with van der Waals surface area (Å²) in [6.45, 7) is 3.11. The molecule has 2 aromatic rings. The Labute approximate surface area is 130 Å². The van der Waals surface area contributed by atoms with Gasteiger partial charge in [-0.05, 0) is 49.2 Å². The number of nitrogens with one attached hydrogen (secondary N) is 2. The zero-order chi connectivity index (χ0) is 15.6. The molecule has 4 heteroatoms. The van der Waals surface area contributed by atoms with E-state index in [0.717, 1.165) is 37.3 Å². The molecule has 0 aliphatic rings. The lowest BCUT2D eigenvalue weighted by Gasteiger charge is -2.08. The van der Waals surface area contributed by atoms with Gasteiger partial charge in [0.25, 0.3) is 0 Å². The Bertz CT molecular complexity index is 521. The first-order valence-electron chi connectivity index (χ1n) is 7.65. The molecule has 0 fully saturated rings. The van der Waals surface area contributed by atoms with Gasteiger partial charge in [0.05, 0.1) is 0 Å². The lowest BCUT2D eigenvalue weighted by Crippen LogP contribution is -2.30. The van der Waals surface area contributed by atoms with Crippen LogP contribution in [0.5, 0.6) is 0 Å². The van der Waals surface area contributed by atoms with Crippen molar-refractivity contribution in [3.05, 3.63) is 71.3 Å². The molecular weight excluding hydrogens is 282 g/mol. The highest BCUT2D eigenvalue weighted by atomic mass is 19.1. The SMILES string of the molecule is Fc1ccccc1CCNCCNCCc1ccccc1F. The first kappa shape index (κ1) is 16.6. The van der Waals surface area contributed by atoms with Gasteiger partial charge >= 0.3 is 0 Å². The molecule has 2 rings (SSSR count). The Hall–Kier alpha value is -1.78. The second-order valence-electron chi connectivity index (χ2n) is 5.18. The minimum atomic E-state index is -0.146. The van der Waals surface area contributed by atoms with Crippen molar-refractivity contribution < 1.29 is 8.78 Å². The van der Waals surface area contributed by atoms with Crippen molar-refractivity contribution in [3.63, 3.8) is 0 Å². The topological polar surface area (TPSA) is 24.1 Å². The predicted molar refractivity (Wildman–Crippen MR) is 85.9 cm³/mol. The summed E-state index contributed by atoms with van der Waals surface area (Å²) in [5, 5.41) is 6.54. The van der Waals surface area contributed by atoms with Crippen molar-refractivity contribution in [2.24, 2.45) is 0 Å². The fraction of sp³-hybridized carbons (Fsp3) is 0.333. The summed E-state index contributed by atoms with van der Waals surface area (Å²) in [4.78, 5) is 0. The van der Waals surface area contributed by atoms with Crippen LogP contribution in [-0.2, 0) is 12.8 Å². The van der Waals surface area contributed by atoms with Crippen molar-refractivity contribution in [2.45, 2.75) is 12.8 Å². The summed E-state index contributed by atoms with van der Waals surface area (Å²) in [5.41, 5.74) is 1.48. The van der Waals surface area contributed by atoms with Crippen molar-refractivity contribution in [1.29, 1.82) is 0 Å². The first-order valence-corrected chi connectivity index (χ1v) is 7.65. The van der Waals surface area contributed by atoms with E-state index < -0.39 is 0 Å². The molecule has 0 aliphatic carbocycles. The van der Waals surface area contributed by atoms with E-state index in [1.54, 1.807) is 12.1 Å². The fourth-order valence-electron chi connectivity index (χ4n) is 2.28. The maximum absolute atomic E-state index is 13.4. The molecule has 0 aliphatic heterocycles. The van der Waals surface area contributed by atoms with Crippen LogP contribution >= 0.6 is 0 Å². The maximum atomic E-state index is 13.4. The Kier molecular flexibility index (Phi) is 7.00. The standard InChI is InChI=1S/C18H22F2N2/c19-17-7-3-1-5-15(17)9-11-21-13-14-22-12-10-16-6-2-4-8-18(16)20/h1-8,21-22H,9-14H2. The monoisotopic (exact) mass is 304 g/mol. The predicted octanol–water partition coefficient (Wildman–Crippen LogP) is 2.93. The largest absolute Gasteiger partial charge is 0.315 e. The van der Waals surface area contributed by atoms with Gasteiger partial charge in [-0.25, -0.2) is 8.78 Å². The molecule has 0 saturated heterocycles. The summed E-state index contributed by atoms with van der Waals surface area (Å²) in [6, 6.07) is 13.7. The van der Waals surface area contributed by atoms with Crippen LogP contribution in [-0.4, -0.2) is 26.2 Å². The third kappa shape index (κ3) is 5.54. The average molecular weight is 304 g/mol. The molecule has 0 radical (unpaired) electrons. The fourth-order valence-corrected chi connectivity index (χ4v) is 2.28. The van der Waals surface area contributed by atoms with Crippen LogP contribution in [0.3, 0.4) is 0 Å². The number of hydrogen-bond acceptors (Lipinski definition) is 2. The molecule has 118 valence electrons. The maximum Gasteiger partial charge on any atom is 0.126 e. The van der Waals surface area contributed by atoms with E-state index >= 15 is 0 Å². The van der Waals surface area contributed by atoms with Crippen LogP contribution in [0, 0.1) is 11.6 Å². The number of rotatable bonds is 9. The molecule has 0 atom stereocenters. The normalized spacial score (nSPS) is 10.8. The van der Waals surface area contributed by atoms with Gasteiger partial charge in [-0.15, -0.1) is 0 Å². The molecule has 0 saturated carbocycles. The Morgan fingerprint density at radius 3 is 1.41 bits per heavy atom. The Morgan fingerprint density at radius 1 is 0.591 bits per heavy atom. The van der Waals surface area contributed by atoms with Crippen molar-refractivity contribution in [3.8, 4) is 0 Å². The van der Waals surface area contributed by atoms with E-state index in [-0.39, 0.29) is 11.6 Å². The van der Waals surface area contributed by atoms with E-state index in [2.05, 4.69) is 10.6 Å². The second-order valence-corrected chi connectivity index (χ2v) is 5.18. The van der Waals surface area contributed by atoms with E-state index in [4.69, 9.17) is 0 Å². The van der Waals surface area contributed by atoms with Crippen LogP contribution in [0.4, 0.5) is 8.78 Å². The molecule has 22 heavy (non-hydrogen) atoms. The van der Waals surface area contributed by atoms with Crippen LogP contribution in [0.1, 0.15) is 11.1 Å². The van der Waals surface area contributed by atoms with Gasteiger partial charge in [0.15, 0.2) is 0 Å². The molecule has 0 aromatic heterocycles. The molecule has 2 aromatic carbocycles. The van der Waals surface area contributed by atoms with Crippen molar-refractivity contribution >= 4 is 0 Å². The summed E-state index contributed by atoms with van der Waals surface area (Å²) in [5.74, 6) is -0.292. The van der Waals surface area contributed by atoms with Gasteiger partial charge in [0.1, 0.15) is 11.6 Å². The minimum Gasteiger partial charge on any atom is -0.315 e. The molecule has 2 nitrogen and oxygen atoms in total. The van der Waals surface area contributed by atoms with Gasteiger partial charge in [0, 0.05) is 13.1 Å². The van der Waals surface area contributed by atoms with E-state index in [1.807, 2.05) is 24.3 Å². The third-order valence-corrected chi connectivity index (χ3v) is 3.54.